The first-order valence-corrected chi connectivity index (χ1v) is 4.41. The minimum absolute atomic E-state index is 0.264. The van der Waals surface area contributed by atoms with Gasteiger partial charge in [-0.1, -0.05) is 11.6 Å². The summed E-state index contributed by atoms with van der Waals surface area (Å²) in [5, 5.41) is 3.94. The normalized spacial score (nSPS) is 16.4. The van der Waals surface area contributed by atoms with Crippen LogP contribution in [0.25, 0.3) is 0 Å². The molecule has 72 valence electrons. The first-order valence-electron chi connectivity index (χ1n) is 3.69. The highest BCUT2D eigenvalue weighted by molar-refractivity contribution is 6.66. The van der Waals surface area contributed by atoms with Crippen LogP contribution >= 0.6 is 23.4 Å². The Hall–Kier alpha value is -0.740. The number of hydrazone groups is 1. The van der Waals surface area contributed by atoms with Crippen molar-refractivity contribution < 1.29 is 9.53 Å². The molecular weight excluding hydrogens is 215 g/mol. The molecule has 1 aliphatic rings. The SMILES string of the molecule is CCOC(=O)C1=CN(Cl)N=C(Cl)C1. The molecule has 0 fully saturated rings. The smallest absolute Gasteiger partial charge is 0.336 e. The van der Waals surface area contributed by atoms with E-state index in [4.69, 9.17) is 28.1 Å². The highest BCUT2D eigenvalue weighted by atomic mass is 35.5. The summed E-state index contributed by atoms with van der Waals surface area (Å²) in [5.41, 5.74) is 0.400. The first kappa shape index (κ1) is 10.3. The van der Waals surface area contributed by atoms with E-state index >= 15 is 0 Å². The van der Waals surface area contributed by atoms with Gasteiger partial charge in [0, 0.05) is 18.2 Å². The molecule has 0 bridgehead atoms. The molecule has 13 heavy (non-hydrogen) atoms. The number of hydrogen-bond acceptors (Lipinski definition) is 4. The Kier molecular flexibility index (Phi) is 3.57. The Labute approximate surface area is 85.9 Å². The third-order valence-corrected chi connectivity index (χ3v) is 1.72. The molecule has 6 heteroatoms. The van der Waals surface area contributed by atoms with Gasteiger partial charge in [0.1, 0.15) is 5.17 Å². The first-order chi connectivity index (χ1) is 6.13. The van der Waals surface area contributed by atoms with Crippen molar-refractivity contribution in [3.63, 3.8) is 0 Å². The zero-order valence-electron chi connectivity index (χ0n) is 6.96. The van der Waals surface area contributed by atoms with Crippen LogP contribution in [0.1, 0.15) is 13.3 Å². The molecule has 0 atom stereocenters. The summed E-state index contributed by atoms with van der Waals surface area (Å²) >= 11 is 11.2. The third kappa shape index (κ3) is 2.90. The van der Waals surface area contributed by atoms with Gasteiger partial charge in [0.25, 0.3) is 0 Å². The van der Waals surface area contributed by atoms with Crippen molar-refractivity contribution in [2.24, 2.45) is 5.10 Å². The topological polar surface area (TPSA) is 41.9 Å². The van der Waals surface area contributed by atoms with Gasteiger partial charge in [0.05, 0.1) is 18.4 Å². The molecule has 0 spiro atoms. The van der Waals surface area contributed by atoms with Gasteiger partial charge >= 0.3 is 5.97 Å². The van der Waals surface area contributed by atoms with Gasteiger partial charge in [-0.2, -0.15) is 4.53 Å². The molecule has 4 nitrogen and oxygen atoms in total. The van der Waals surface area contributed by atoms with E-state index in [0.717, 1.165) is 4.53 Å². The number of hydrogen-bond donors (Lipinski definition) is 0. The predicted molar refractivity (Wildman–Crippen MR) is 50.3 cm³/mol. The van der Waals surface area contributed by atoms with Crippen molar-refractivity contribution in [2.45, 2.75) is 13.3 Å². The van der Waals surface area contributed by atoms with Crippen molar-refractivity contribution in [1.29, 1.82) is 0 Å². The molecule has 1 aliphatic heterocycles. The van der Waals surface area contributed by atoms with Crippen molar-refractivity contribution in [2.75, 3.05) is 6.61 Å². The van der Waals surface area contributed by atoms with E-state index < -0.39 is 5.97 Å². The van der Waals surface area contributed by atoms with E-state index in [1.165, 1.54) is 6.20 Å². The second-order valence-electron chi connectivity index (χ2n) is 2.32. The van der Waals surface area contributed by atoms with E-state index in [1.54, 1.807) is 6.92 Å². The monoisotopic (exact) mass is 222 g/mol. The van der Waals surface area contributed by atoms with Crippen LogP contribution in [-0.4, -0.2) is 22.3 Å². The average Bonchev–Trinajstić information content (AvgIpc) is 2.03. The molecule has 1 rings (SSSR count). The van der Waals surface area contributed by atoms with Crippen LogP contribution in [0.2, 0.25) is 0 Å². The maximum Gasteiger partial charge on any atom is 0.336 e. The lowest BCUT2D eigenvalue weighted by molar-refractivity contribution is -0.138. The Balaban J connectivity index is 2.66. The van der Waals surface area contributed by atoms with Crippen LogP contribution in [0, 0.1) is 0 Å². The van der Waals surface area contributed by atoms with E-state index in [-0.39, 0.29) is 11.6 Å². The zero-order valence-corrected chi connectivity index (χ0v) is 8.47. The summed E-state index contributed by atoms with van der Waals surface area (Å²) in [6, 6.07) is 0. The molecule has 0 aromatic heterocycles. The Morgan fingerprint density at radius 3 is 3.08 bits per heavy atom. The lowest BCUT2D eigenvalue weighted by Gasteiger charge is -2.13. The number of nitrogens with zero attached hydrogens (tertiary/aromatic N) is 2. The number of carbonyl (C=O) groups excluding carboxylic acids is 1. The van der Waals surface area contributed by atoms with Crippen molar-refractivity contribution in [1.82, 2.24) is 4.53 Å². The molecule has 0 aromatic rings. The Morgan fingerprint density at radius 2 is 2.54 bits per heavy atom. The van der Waals surface area contributed by atoms with Crippen LogP contribution in [0.4, 0.5) is 0 Å². The van der Waals surface area contributed by atoms with Gasteiger partial charge in [-0.15, -0.1) is 5.10 Å². The van der Waals surface area contributed by atoms with Gasteiger partial charge < -0.3 is 4.74 Å². The summed E-state index contributed by atoms with van der Waals surface area (Å²) in [6.45, 7) is 2.06. The minimum Gasteiger partial charge on any atom is -0.463 e. The molecular formula is C7H8Cl2N2O2. The van der Waals surface area contributed by atoms with E-state index in [9.17, 15) is 4.79 Å². The van der Waals surface area contributed by atoms with Crippen LogP contribution in [0.5, 0.6) is 0 Å². The zero-order chi connectivity index (χ0) is 9.84. The molecule has 0 unspecified atom stereocenters. The minimum atomic E-state index is -0.416. The maximum absolute atomic E-state index is 11.2. The highest BCUT2D eigenvalue weighted by Gasteiger charge is 2.18. The van der Waals surface area contributed by atoms with Gasteiger partial charge in [-0.3, -0.25) is 0 Å². The van der Waals surface area contributed by atoms with E-state index in [1.807, 2.05) is 0 Å². The lowest BCUT2D eigenvalue weighted by atomic mass is 10.2. The number of halogens is 2. The van der Waals surface area contributed by atoms with Gasteiger partial charge in [0.15, 0.2) is 0 Å². The number of esters is 1. The van der Waals surface area contributed by atoms with E-state index in [2.05, 4.69) is 5.10 Å². The number of rotatable bonds is 2. The van der Waals surface area contributed by atoms with Gasteiger partial charge in [-0.05, 0) is 6.92 Å². The fourth-order valence-corrected chi connectivity index (χ4v) is 1.32. The lowest BCUT2D eigenvalue weighted by Crippen LogP contribution is -2.16. The molecule has 0 amide bonds. The van der Waals surface area contributed by atoms with Gasteiger partial charge in [0.2, 0.25) is 0 Å². The largest absolute Gasteiger partial charge is 0.463 e. The summed E-state index contributed by atoms with van der Waals surface area (Å²) in [4.78, 5) is 11.2. The second kappa shape index (κ2) is 4.48. The average molecular weight is 223 g/mol. The van der Waals surface area contributed by atoms with Gasteiger partial charge in [-0.25, -0.2) is 4.79 Å². The Bertz CT molecular complexity index is 276. The van der Waals surface area contributed by atoms with Crippen molar-refractivity contribution in [3.8, 4) is 0 Å². The molecule has 0 radical (unpaired) electrons. The number of ether oxygens (including phenoxy) is 1. The van der Waals surface area contributed by atoms with Crippen molar-refractivity contribution in [3.05, 3.63) is 11.8 Å². The Morgan fingerprint density at radius 1 is 1.85 bits per heavy atom. The van der Waals surface area contributed by atoms with E-state index in [0.29, 0.717) is 12.2 Å². The fraction of sp³-hybridized carbons (Fsp3) is 0.429. The van der Waals surface area contributed by atoms with Crippen LogP contribution in [0.15, 0.2) is 16.9 Å². The standard InChI is InChI=1S/C7H8Cl2N2O2/c1-2-13-7(12)5-3-6(8)10-11(9)4-5/h4H,2-3H2,1H3. The molecule has 1 heterocycles. The molecule has 0 N–H and O–H groups in total. The summed E-state index contributed by atoms with van der Waals surface area (Å²) in [6.07, 6.45) is 1.65. The molecule has 0 aliphatic carbocycles. The molecule has 0 saturated heterocycles. The quantitative estimate of drug-likeness (QED) is 0.529. The second-order valence-corrected chi connectivity index (χ2v) is 3.10. The predicted octanol–water partition coefficient (Wildman–Crippen LogP) is 1.85. The van der Waals surface area contributed by atoms with Crippen LogP contribution < -0.4 is 0 Å². The summed E-state index contributed by atoms with van der Waals surface area (Å²) in [7, 11) is 0. The third-order valence-electron chi connectivity index (χ3n) is 1.34. The fourth-order valence-electron chi connectivity index (χ4n) is 0.848. The molecule has 0 saturated carbocycles. The number of carbonyl (C=O) groups is 1. The molecule has 0 aromatic carbocycles. The van der Waals surface area contributed by atoms with Crippen LogP contribution in [-0.2, 0) is 9.53 Å². The summed E-state index contributed by atoms with van der Waals surface area (Å²) in [5.74, 6) is -0.416. The van der Waals surface area contributed by atoms with Crippen LogP contribution in [0.3, 0.4) is 0 Å². The summed E-state index contributed by atoms with van der Waals surface area (Å²) < 4.78 is 5.74. The van der Waals surface area contributed by atoms with Crippen molar-refractivity contribution >= 4 is 34.5 Å². The maximum atomic E-state index is 11.2. The highest BCUT2D eigenvalue weighted by Crippen LogP contribution is 2.17.